The first-order valence-corrected chi connectivity index (χ1v) is 7.94. The van der Waals surface area contributed by atoms with Crippen LogP contribution in [0.5, 0.6) is 0 Å². The quantitative estimate of drug-likeness (QED) is 0.536. The highest BCUT2D eigenvalue weighted by Crippen LogP contribution is 2.20. The van der Waals surface area contributed by atoms with Crippen molar-refractivity contribution >= 4 is 41.7 Å². The van der Waals surface area contributed by atoms with Gasteiger partial charge in [0.1, 0.15) is 0 Å². The zero-order valence-electron chi connectivity index (χ0n) is 11.7. The third kappa shape index (κ3) is 9.48. The van der Waals surface area contributed by atoms with Gasteiger partial charge in [0.15, 0.2) is 0 Å². The number of benzene rings is 1. The molecule has 0 unspecified atom stereocenters. The van der Waals surface area contributed by atoms with Gasteiger partial charge < -0.3 is 10.6 Å². The maximum absolute atomic E-state index is 11.5. The molecule has 20 heavy (non-hydrogen) atoms. The first-order valence-electron chi connectivity index (χ1n) is 6.58. The second kappa shape index (κ2) is 12.3. The zero-order chi connectivity index (χ0) is 13.9. The summed E-state index contributed by atoms with van der Waals surface area (Å²) < 4.78 is 0. The minimum absolute atomic E-state index is 0. The average molecular weight is 337 g/mol. The van der Waals surface area contributed by atoms with Crippen LogP contribution in [0.4, 0.5) is 0 Å². The smallest absolute Gasteiger partial charge is 0.220 e. The first kappa shape index (κ1) is 19.6. The zero-order valence-corrected chi connectivity index (χ0v) is 14.0. The molecule has 0 aliphatic carbocycles. The SMILES string of the molecule is CCCNCCNC(=O)CCSc1ccc(Cl)cc1.Cl. The highest BCUT2D eigenvalue weighted by atomic mass is 35.5. The van der Waals surface area contributed by atoms with Gasteiger partial charge in [-0.05, 0) is 37.2 Å². The van der Waals surface area contributed by atoms with Gasteiger partial charge in [0.05, 0.1) is 0 Å². The van der Waals surface area contributed by atoms with Crippen LogP contribution in [0.25, 0.3) is 0 Å². The first-order chi connectivity index (χ1) is 9.22. The Bertz CT molecular complexity index is 374. The van der Waals surface area contributed by atoms with Crippen molar-refractivity contribution in [3.05, 3.63) is 29.3 Å². The number of hydrogen-bond donors (Lipinski definition) is 2. The summed E-state index contributed by atoms with van der Waals surface area (Å²) in [7, 11) is 0. The molecular formula is C14H22Cl2N2OS. The molecule has 0 aliphatic heterocycles. The van der Waals surface area contributed by atoms with Gasteiger partial charge in [-0.3, -0.25) is 4.79 Å². The monoisotopic (exact) mass is 336 g/mol. The Morgan fingerprint density at radius 3 is 2.55 bits per heavy atom. The highest BCUT2D eigenvalue weighted by molar-refractivity contribution is 7.99. The highest BCUT2D eigenvalue weighted by Gasteiger charge is 2.01. The molecule has 1 rings (SSSR count). The summed E-state index contributed by atoms with van der Waals surface area (Å²) in [6.07, 6.45) is 1.66. The third-order valence-electron chi connectivity index (χ3n) is 2.46. The van der Waals surface area contributed by atoms with Crippen LogP contribution in [0, 0.1) is 0 Å². The molecule has 0 fully saturated rings. The van der Waals surface area contributed by atoms with Crippen LogP contribution in [0.3, 0.4) is 0 Å². The number of nitrogens with one attached hydrogen (secondary N) is 2. The van der Waals surface area contributed by atoms with E-state index in [9.17, 15) is 4.79 Å². The molecule has 3 nitrogen and oxygen atoms in total. The normalized spacial score (nSPS) is 9.90. The molecule has 0 saturated heterocycles. The van der Waals surface area contributed by atoms with Crippen LogP contribution in [0.2, 0.25) is 5.02 Å². The Hall–Kier alpha value is -0.420. The molecule has 114 valence electrons. The molecule has 1 amide bonds. The molecule has 1 aromatic carbocycles. The summed E-state index contributed by atoms with van der Waals surface area (Å²) in [6, 6.07) is 7.67. The van der Waals surface area contributed by atoms with Gasteiger partial charge in [0.25, 0.3) is 0 Å². The minimum atomic E-state index is 0. The minimum Gasteiger partial charge on any atom is -0.355 e. The number of hydrogen-bond acceptors (Lipinski definition) is 3. The summed E-state index contributed by atoms with van der Waals surface area (Å²) in [5.41, 5.74) is 0. The van der Waals surface area contributed by atoms with E-state index in [-0.39, 0.29) is 18.3 Å². The van der Waals surface area contributed by atoms with Crippen molar-refractivity contribution in [2.45, 2.75) is 24.7 Å². The predicted molar refractivity (Wildman–Crippen MR) is 90.2 cm³/mol. The van der Waals surface area contributed by atoms with E-state index >= 15 is 0 Å². The Balaban J connectivity index is 0.00000361. The summed E-state index contributed by atoms with van der Waals surface area (Å²) in [5, 5.41) is 6.88. The fourth-order valence-electron chi connectivity index (χ4n) is 1.47. The van der Waals surface area contributed by atoms with Gasteiger partial charge in [-0.25, -0.2) is 0 Å². The number of amides is 1. The van der Waals surface area contributed by atoms with Crippen molar-refractivity contribution < 1.29 is 4.79 Å². The predicted octanol–water partition coefficient (Wildman–Crippen LogP) is 3.36. The fourth-order valence-corrected chi connectivity index (χ4v) is 2.45. The molecule has 2 N–H and O–H groups in total. The van der Waals surface area contributed by atoms with E-state index in [0.717, 1.165) is 35.2 Å². The van der Waals surface area contributed by atoms with Gasteiger partial charge >= 0.3 is 0 Å². The van der Waals surface area contributed by atoms with Crippen molar-refractivity contribution in [2.24, 2.45) is 0 Å². The largest absolute Gasteiger partial charge is 0.355 e. The van der Waals surface area contributed by atoms with E-state index in [4.69, 9.17) is 11.6 Å². The Morgan fingerprint density at radius 1 is 1.20 bits per heavy atom. The molecule has 0 aliphatic rings. The Kier molecular flexibility index (Phi) is 12.1. The van der Waals surface area contributed by atoms with Gasteiger partial charge in [-0.1, -0.05) is 18.5 Å². The molecule has 0 atom stereocenters. The maximum Gasteiger partial charge on any atom is 0.220 e. The summed E-state index contributed by atoms with van der Waals surface area (Å²) in [6.45, 7) is 4.66. The molecule has 6 heteroatoms. The number of carbonyl (C=O) groups is 1. The van der Waals surface area contributed by atoms with Gasteiger partial charge in [-0.2, -0.15) is 0 Å². The lowest BCUT2D eigenvalue weighted by Gasteiger charge is -2.06. The maximum atomic E-state index is 11.5. The fraction of sp³-hybridized carbons (Fsp3) is 0.500. The molecule has 0 saturated carbocycles. The Labute approximate surface area is 136 Å². The molecule has 0 bridgehead atoms. The third-order valence-corrected chi connectivity index (χ3v) is 3.73. The van der Waals surface area contributed by atoms with Crippen molar-refractivity contribution in [3.8, 4) is 0 Å². The van der Waals surface area contributed by atoms with Gasteiger partial charge in [0.2, 0.25) is 5.91 Å². The summed E-state index contributed by atoms with van der Waals surface area (Å²) in [4.78, 5) is 12.7. The summed E-state index contributed by atoms with van der Waals surface area (Å²) in [5.74, 6) is 0.898. The van der Waals surface area contributed by atoms with Crippen molar-refractivity contribution in [1.29, 1.82) is 0 Å². The lowest BCUT2D eigenvalue weighted by molar-refractivity contribution is -0.120. The molecule has 0 spiro atoms. The Morgan fingerprint density at radius 2 is 1.90 bits per heavy atom. The van der Waals surface area contributed by atoms with Crippen LogP contribution >= 0.6 is 35.8 Å². The molecule has 0 aromatic heterocycles. The number of halogens is 2. The van der Waals surface area contributed by atoms with Crippen molar-refractivity contribution in [1.82, 2.24) is 10.6 Å². The van der Waals surface area contributed by atoms with E-state index in [0.29, 0.717) is 13.0 Å². The lowest BCUT2D eigenvalue weighted by Crippen LogP contribution is -2.32. The second-order valence-electron chi connectivity index (χ2n) is 4.15. The molecular weight excluding hydrogens is 315 g/mol. The molecule has 0 radical (unpaired) electrons. The van der Waals surface area contributed by atoms with Crippen LogP contribution in [-0.2, 0) is 4.79 Å². The van der Waals surface area contributed by atoms with Crippen LogP contribution in [0.1, 0.15) is 19.8 Å². The van der Waals surface area contributed by atoms with Gasteiger partial charge in [0, 0.05) is 35.2 Å². The van der Waals surface area contributed by atoms with Crippen LogP contribution in [-0.4, -0.2) is 31.3 Å². The number of rotatable bonds is 9. The molecule has 0 heterocycles. The molecule has 1 aromatic rings. The average Bonchev–Trinajstić information content (AvgIpc) is 2.41. The topological polar surface area (TPSA) is 41.1 Å². The van der Waals surface area contributed by atoms with E-state index in [2.05, 4.69) is 17.6 Å². The lowest BCUT2D eigenvalue weighted by atomic mass is 10.4. The van der Waals surface area contributed by atoms with Crippen LogP contribution < -0.4 is 10.6 Å². The number of thioether (sulfide) groups is 1. The summed E-state index contributed by atoms with van der Waals surface area (Å²) >= 11 is 7.48. The van der Waals surface area contributed by atoms with E-state index in [1.165, 1.54) is 0 Å². The standard InChI is InChI=1S/C14H21ClN2OS.ClH/c1-2-8-16-9-10-17-14(18)7-11-19-13-5-3-12(15)4-6-13;/h3-6,16H,2,7-11H2,1H3,(H,17,18);1H. The van der Waals surface area contributed by atoms with Crippen LogP contribution in [0.15, 0.2) is 29.2 Å². The van der Waals surface area contributed by atoms with Crippen molar-refractivity contribution in [3.63, 3.8) is 0 Å². The van der Waals surface area contributed by atoms with Gasteiger partial charge in [-0.15, -0.1) is 24.2 Å². The second-order valence-corrected chi connectivity index (χ2v) is 5.76. The van der Waals surface area contributed by atoms with Crippen molar-refractivity contribution in [2.75, 3.05) is 25.4 Å². The number of carbonyl (C=O) groups excluding carboxylic acids is 1. The van der Waals surface area contributed by atoms with E-state index in [1.54, 1.807) is 11.8 Å². The van der Waals surface area contributed by atoms with E-state index in [1.807, 2.05) is 24.3 Å². The van der Waals surface area contributed by atoms with E-state index < -0.39 is 0 Å².